The molecule has 0 radical (unpaired) electrons. The van der Waals surface area contributed by atoms with E-state index in [4.69, 9.17) is 0 Å². The van der Waals surface area contributed by atoms with Gasteiger partial charge in [-0.05, 0) is 36.1 Å². The van der Waals surface area contributed by atoms with Crippen LogP contribution in [0, 0.1) is 11.6 Å². The lowest BCUT2D eigenvalue weighted by Gasteiger charge is -2.47. The minimum absolute atomic E-state index is 0.0342. The summed E-state index contributed by atoms with van der Waals surface area (Å²) < 4.78 is 31.0. The maximum Gasteiger partial charge on any atom is 0.278 e. The maximum atomic E-state index is 15.2. The van der Waals surface area contributed by atoms with E-state index in [9.17, 15) is 23.9 Å². The van der Waals surface area contributed by atoms with Gasteiger partial charge >= 0.3 is 0 Å². The normalized spacial score (nSPS) is 19.3. The van der Waals surface area contributed by atoms with E-state index < -0.39 is 34.8 Å². The molecule has 3 aromatic rings. The van der Waals surface area contributed by atoms with Gasteiger partial charge in [-0.25, -0.2) is 8.78 Å². The molecule has 1 saturated heterocycles. The lowest BCUT2D eigenvalue weighted by atomic mass is 9.93. The molecule has 3 aliphatic heterocycles. The fraction of sp³-hybridized carbons (Fsp3) is 0.321. The molecule has 4 heterocycles. The minimum atomic E-state index is -0.937. The van der Waals surface area contributed by atoms with Crippen molar-refractivity contribution in [1.29, 1.82) is 0 Å². The Morgan fingerprint density at radius 3 is 2.51 bits per heavy atom. The number of aromatic hydroxyl groups is 1. The molecule has 0 saturated carbocycles. The third-order valence-corrected chi connectivity index (χ3v) is 8.97. The number of nitrogens with zero attached hydrogens (tertiary/aromatic N) is 4. The molecule has 39 heavy (non-hydrogen) atoms. The third kappa shape index (κ3) is 4.15. The second-order valence-corrected chi connectivity index (χ2v) is 11.0. The average molecular weight is 553 g/mol. The average Bonchev–Trinajstić information content (AvgIpc) is 3.10. The Kier molecular flexibility index (Phi) is 6.33. The van der Waals surface area contributed by atoms with Gasteiger partial charge in [0, 0.05) is 54.5 Å². The first-order valence-corrected chi connectivity index (χ1v) is 13.7. The molecule has 0 unspecified atom stereocenters. The highest BCUT2D eigenvalue weighted by molar-refractivity contribution is 7.98. The van der Waals surface area contributed by atoms with Gasteiger partial charge in [0.2, 0.25) is 11.3 Å². The van der Waals surface area contributed by atoms with Crippen LogP contribution in [-0.2, 0) is 10.5 Å². The summed E-state index contributed by atoms with van der Waals surface area (Å²) in [5.74, 6) is -2.83. The predicted octanol–water partition coefficient (Wildman–Crippen LogP) is 3.59. The van der Waals surface area contributed by atoms with E-state index in [1.807, 2.05) is 29.3 Å². The lowest BCUT2D eigenvalue weighted by Crippen LogP contribution is -2.59. The number of likely N-dealkylation sites (tertiary alicyclic amines) is 1. The van der Waals surface area contributed by atoms with Crippen LogP contribution >= 0.6 is 11.8 Å². The van der Waals surface area contributed by atoms with Gasteiger partial charge < -0.3 is 14.9 Å². The zero-order valence-corrected chi connectivity index (χ0v) is 22.0. The van der Waals surface area contributed by atoms with Crippen molar-refractivity contribution in [2.24, 2.45) is 0 Å². The molecule has 6 rings (SSSR count). The van der Waals surface area contributed by atoms with Crippen LogP contribution in [0.2, 0.25) is 0 Å². The van der Waals surface area contributed by atoms with Gasteiger partial charge in [0.05, 0.1) is 6.04 Å². The Balaban J connectivity index is 1.52. The van der Waals surface area contributed by atoms with Crippen LogP contribution in [0.15, 0.2) is 58.4 Å². The number of piperidine rings is 1. The number of hydrogen-bond acceptors (Lipinski definition) is 6. The van der Waals surface area contributed by atoms with Crippen LogP contribution < -0.4 is 10.4 Å². The smallest absolute Gasteiger partial charge is 0.278 e. The Labute approximate surface area is 227 Å². The molecule has 0 aliphatic carbocycles. The topological polar surface area (TPSA) is 86.1 Å². The first-order valence-electron chi connectivity index (χ1n) is 12.7. The van der Waals surface area contributed by atoms with Crippen molar-refractivity contribution in [1.82, 2.24) is 14.5 Å². The summed E-state index contributed by atoms with van der Waals surface area (Å²) in [5.41, 5.74) is 0.730. The predicted molar refractivity (Wildman–Crippen MR) is 141 cm³/mol. The van der Waals surface area contributed by atoms with Crippen LogP contribution in [-0.4, -0.2) is 57.2 Å². The zero-order valence-electron chi connectivity index (χ0n) is 21.1. The number of thioether (sulfide) groups is 1. The Bertz CT molecular complexity index is 1550. The van der Waals surface area contributed by atoms with Crippen molar-refractivity contribution in [3.8, 4) is 5.75 Å². The number of rotatable bonds is 2. The summed E-state index contributed by atoms with van der Waals surface area (Å²) >= 11 is 1.40. The number of aromatic nitrogens is 1. The van der Waals surface area contributed by atoms with Gasteiger partial charge in [-0.2, -0.15) is 0 Å². The Morgan fingerprint density at radius 1 is 1.03 bits per heavy atom. The van der Waals surface area contributed by atoms with E-state index in [1.54, 1.807) is 15.9 Å². The van der Waals surface area contributed by atoms with E-state index in [2.05, 4.69) is 0 Å². The van der Waals surface area contributed by atoms with Crippen molar-refractivity contribution in [3.63, 3.8) is 0 Å². The number of carbonyl (C=O) groups excluding carboxylic acids is 2. The van der Waals surface area contributed by atoms with Gasteiger partial charge in [0.1, 0.15) is 6.67 Å². The SMILES string of the molecule is CC(=O)N1CCC(N2CN([C@@H]3c4ccccc4SCc4c3ccc(F)c4F)n3ccc(=O)c(O)c3C2=O)CC1. The summed E-state index contributed by atoms with van der Waals surface area (Å²) in [6.07, 6.45) is 2.50. The quantitative estimate of drug-likeness (QED) is 0.523. The van der Waals surface area contributed by atoms with Gasteiger partial charge in [-0.1, -0.05) is 24.3 Å². The highest BCUT2D eigenvalue weighted by Gasteiger charge is 2.42. The molecule has 1 fully saturated rings. The van der Waals surface area contributed by atoms with Crippen molar-refractivity contribution in [2.75, 3.05) is 24.8 Å². The van der Waals surface area contributed by atoms with Crippen molar-refractivity contribution < 1.29 is 23.5 Å². The standard InChI is InChI=1S/C28H26F2N4O4S/c1-16(35)31-11-8-17(9-12-31)32-15-34(33-13-10-22(36)27(37)26(33)28(32)38)25-18-6-7-21(29)24(30)20(18)14-39-23-5-3-2-4-19(23)25/h2-7,10,13,17,25,37H,8-9,11-12,14-15H2,1H3/t25-/m0/s1. The van der Waals surface area contributed by atoms with Crippen LogP contribution in [0.4, 0.5) is 8.78 Å². The fourth-order valence-corrected chi connectivity index (χ4v) is 6.94. The van der Waals surface area contributed by atoms with Gasteiger partial charge in [0.15, 0.2) is 23.1 Å². The molecule has 1 atom stereocenters. The van der Waals surface area contributed by atoms with E-state index >= 15 is 4.39 Å². The monoisotopic (exact) mass is 552 g/mol. The van der Waals surface area contributed by atoms with Gasteiger partial charge in [-0.3, -0.25) is 24.1 Å². The molecule has 0 bridgehead atoms. The Hall–Kier alpha value is -3.86. The Morgan fingerprint density at radius 2 is 1.77 bits per heavy atom. The number of amides is 2. The summed E-state index contributed by atoms with van der Waals surface area (Å²) in [5, 5.41) is 12.6. The second kappa shape index (κ2) is 9.71. The van der Waals surface area contributed by atoms with E-state index in [0.717, 1.165) is 16.5 Å². The molecule has 2 amide bonds. The van der Waals surface area contributed by atoms with Crippen LogP contribution in [0.3, 0.4) is 0 Å². The summed E-state index contributed by atoms with van der Waals surface area (Å²) in [7, 11) is 0. The second-order valence-electron chi connectivity index (χ2n) is 9.97. The first-order chi connectivity index (χ1) is 18.8. The van der Waals surface area contributed by atoms with Crippen LogP contribution in [0.25, 0.3) is 0 Å². The molecule has 202 valence electrons. The largest absolute Gasteiger partial charge is 0.502 e. The number of fused-ring (bicyclic) bond motifs is 3. The molecular formula is C28H26F2N4O4S. The summed E-state index contributed by atoms with van der Waals surface area (Å²) in [4.78, 5) is 42.3. The van der Waals surface area contributed by atoms with Gasteiger partial charge in [-0.15, -0.1) is 11.8 Å². The fourth-order valence-electron chi connectivity index (χ4n) is 5.82. The van der Waals surface area contributed by atoms with Crippen molar-refractivity contribution in [2.45, 2.75) is 42.5 Å². The number of carbonyl (C=O) groups is 2. The molecule has 11 heteroatoms. The first kappa shape index (κ1) is 25.4. The van der Waals surface area contributed by atoms with E-state index in [-0.39, 0.29) is 35.6 Å². The lowest BCUT2D eigenvalue weighted by molar-refractivity contribution is -0.130. The highest BCUT2D eigenvalue weighted by atomic mass is 32.2. The highest BCUT2D eigenvalue weighted by Crippen LogP contribution is 2.44. The molecule has 1 N–H and O–H groups in total. The minimum Gasteiger partial charge on any atom is -0.502 e. The number of benzene rings is 2. The van der Waals surface area contributed by atoms with E-state index in [0.29, 0.717) is 31.5 Å². The molecule has 0 spiro atoms. The van der Waals surface area contributed by atoms with E-state index in [1.165, 1.54) is 35.6 Å². The molecular weight excluding hydrogens is 526 g/mol. The molecule has 1 aromatic heterocycles. The van der Waals surface area contributed by atoms with Gasteiger partial charge in [0.25, 0.3) is 5.91 Å². The summed E-state index contributed by atoms with van der Waals surface area (Å²) in [6.45, 7) is 2.54. The maximum absolute atomic E-state index is 15.2. The molecule has 3 aliphatic rings. The van der Waals surface area contributed by atoms with Crippen molar-refractivity contribution >= 4 is 23.6 Å². The van der Waals surface area contributed by atoms with Crippen molar-refractivity contribution in [3.05, 3.63) is 92.9 Å². The summed E-state index contributed by atoms with van der Waals surface area (Å²) in [6, 6.07) is 10.5. The molecule has 8 nitrogen and oxygen atoms in total. The van der Waals surface area contributed by atoms with Crippen LogP contribution in [0.5, 0.6) is 5.75 Å². The molecule has 2 aromatic carbocycles. The van der Waals surface area contributed by atoms with Crippen LogP contribution in [0.1, 0.15) is 53.0 Å². The third-order valence-electron chi connectivity index (χ3n) is 7.85. The number of pyridine rings is 1. The zero-order chi connectivity index (χ0) is 27.4. The number of hydrogen-bond donors (Lipinski definition) is 1. The number of halogens is 2.